The number of rotatable bonds is 2. The zero-order chi connectivity index (χ0) is 12.0. The minimum atomic E-state index is 0.493. The second-order valence-corrected chi connectivity index (χ2v) is 5.31. The number of fused-ring (bicyclic) bond motifs is 1. The fourth-order valence-corrected chi connectivity index (χ4v) is 2.63. The van der Waals surface area contributed by atoms with Gasteiger partial charge in [-0.1, -0.05) is 18.5 Å². The SMILES string of the molecule is CC(c1nc2ccc(Cl)cc2n1C)C1CNC1. The summed E-state index contributed by atoms with van der Waals surface area (Å²) < 4.78 is 2.17. The quantitative estimate of drug-likeness (QED) is 0.887. The van der Waals surface area contributed by atoms with E-state index in [0.717, 1.165) is 35.0 Å². The summed E-state index contributed by atoms with van der Waals surface area (Å²) in [6, 6.07) is 5.88. The van der Waals surface area contributed by atoms with Gasteiger partial charge >= 0.3 is 0 Å². The Morgan fingerprint density at radius 1 is 1.47 bits per heavy atom. The van der Waals surface area contributed by atoms with Crippen LogP contribution in [0.15, 0.2) is 18.2 Å². The van der Waals surface area contributed by atoms with E-state index < -0.39 is 0 Å². The third-order valence-electron chi connectivity index (χ3n) is 3.80. The highest BCUT2D eigenvalue weighted by Crippen LogP contribution is 2.29. The van der Waals surface area contributed by atoms with Crippen LogP contribution in [0.5, 0.6) is 0 Å². The van der Waals surface area contributed by atoms with Crippen LogP contribution in [-0.2, 0) is 7.05 Å². The standard InChI is InChI=1S/C13H16ClN3/c1-8(9-6-15-7-9)13-16-11-4-3-10(14)5-12(11)17(13)2/h3-5,8-9,15H,6-7H2,1-2H3. The summed E-state index contributed by atoms with van der Waals surface area (Å²) >= 11 is 6.03. The highest BCUT2D eigenvalue weighted by Gasteiger charge is 2.27. The highest BCUT2D eigenvalue weighted by molar-refractivity contribution is 6.31. The van der Waals surface area contributed by atoms with E-state index in [0.29, 0.717) is 11.8 Å². The Morgan fingerprint density at radius 2 is 2.24 bits per heavy atom. The summed E-state index contributed by atoms with van der Waals surface area (Å²) in [5, 5.41) is 4.08. The molecular formula is C13H16ClN3. The van der Waals surface area contributed by atoms with Crippen LogP contribution in [0.1, 0.15) is 18.7 Å². The molecule has 1 aromatic heterocycles. The zero-order valence-electron chi connectivity index (χ0n) is 10.1. The monoisotopic (exact) mass is 249 g/mol. The Morgan fingerprint density at radius 3 is 2.88 bits per heavy atom. The largest absolute Gasteiger partial charge is 0.331 e. The van der Waals surface area contributed by atoms with Crippen molar-refractivity contribution in [2.24, 2.45) is 13.0 Å². The number of aryl methyl sites for hydroxylation is 1. The molecule has 3 nitrogen and oxygen atoms in total. The summed E-state index contributed by atoms with van der Waals surface area (Å²) in [4.78, 5) is 4.73. The molecule has 1 aliphatic rings. The number of aromatic nitrogens is 2. The lowest BCUT2D eigenvalue weighted by atomic mass is 9.88. The molecular weight excluding hydrogens is 234 g/mol. The smallest absolute Gasteiger partial charge is 0.112 e. The van der Waals surface area contributed by atoms with Crippen molar-refractivity contribution in [1.82, 2.24) is 14.9 Å². The maximum Gasteiger partial charge on any atom is 0.112 e. The molecule has 1 unspecified atom stereocenters. The van der Waals surface area contributed by atoms with Crippen molar-refractivity contribution >= 4 is 22.6 Å². The van der Waals surface area contributed by atoms with E-state index in [-0.39, 0.29) is 0 Å². The lowest BCUT2D eigenvalue weighted by molar-refractivity contribution is 0.293. The van der Waals surface area contributed by atoms with Crippen LogP contribution in [0.4, 0.5) is 0 Å². The van der Waals surface area contributed by atoms with Crippen LogP contribution >= 0.6 is 11.6 Å². The van der Waals surface area contributed by atoms with E-state index in [9.17, 15) is 0 Å². The number of hydrogen-bond acceptors (Lipinski definition) is 2. The first-order valence-electron chi connectivity index (χ1n) is 5.99. The second-order valence-electron chi connectivity index (χ2n) is 4.87. The fourth-order valence-electron chi connectivity index (χ4n) is 2.46. The van der Waals surface area contributed by atoms with Gasteiger partial charge in [0, 0.05) is 18.0 Å². The van der Waals surface area contributed by atoms with E-state index in [1.807, 2.05) is 18.2 Å². The Balaban J connectivity index is 2.07. The predicted octanol–water partition coefficient (Wildman–Crippen LogP) is 2.55. The normalized spacial score (nSPS) is 18.3. The Kier molecular flexibility index (Phi) is 2.60. The molecule has 4 heteroatoms. The zero-order valence-corrected chi connectivity index (χ0v) is 10.8. The van der Waals surface area contributed by atoms with Gasteiger partial charge in [0.15, 0.2) is 0 Å². The van der Waals surface area contributed by atoms with Crippen LogP contribution in [0, 0.1) is 5.92 Å². The maximum atomic E-state index is 6.03. The Labute approximate surface area is 106 Å². The van der Waals surface area contributed by atoms with Crippen molar-refractivity contribution in [2.75, 3.05) is 13.1 Å². The average Bonchev–Trinajstić information content (AvgIpc) is 2.54. The minimum Gasteiger partial charge on any atom is -0.331 e. The highest BCUT2D eigenvalue weighted by atomic mass is 35.5. The molecule has 2 heterocycles. The fraction of sp³-hybridized carbons (Fsp3) is 0.462. The van der Waals surface area contributed by atoms with E-state index >= 15 is 0 Å². The van der Waals surface area contributed by atoms with Crippen LogP contribution in [-0.4, -0.2) is 22.6 Å². The van der Waals surface area contributed by atoms with Crippen molar-refractivity contribution in [3.63, 3.8) is 0 Å². The topological polar surface area (TPSA) is 29.9 Å². The molecule has 1 saturated heterocycles. The van der Waals surface area contributed by atoms with Gasteiger partial charge in [-0.15, -0.1) is 0 Å². The number of nitrogens with one attached hydrogen (secondary N) is 1. The molecule has 0 saturated carbocycles. The van der Waals surface area contributed by atoms with Crippen molar-refractivity contribution < 1.29 is 0 Å². The first kappa shape index (κ1) is 11.1. The summed E-state index contributed by atoms with van der Waals surface area (Å²) in [5.41, 5.74) is 2.15. The lowest BCUT2D eigenvalue weighted by Gasteiger charge is -2.32. The molecule has 0 aliphatic carbocycles. The van der Waals surface area contributed by atoms with Crippen molar-refractivity contribution in [1.29, 1.82) is 0 Å². The van der Waals surface area contributed by atoms with Crippen LogP contribution in [0.3, 0.4) is 0 Å². The molecule has 0 spiro atoms. The van der Waals surface area contributed by atoms with Gasteiger partial charge in [-0.2, -0.15) is 0 Å². The summed E-state index contributed by atoms with van der Waals surface area (Å²) in [6.07, 6.45) is 0. The molecule has 2 aromatic rings. The predicted molar refractivity (Wildman–Crippen MR) is 70.5 cm³/mol. The van der Waals surface area contributed by atoms with Crippen molar-refractivity contribution in [3.8, 4) is 0 Å². The van der Waals surface area contributed by atoms with Gasteiger partial charge in [-0.05, 0) is 37.2 Å². The third-order valence-corrected chi connectivity index (χ3v) is 4.04. The van der Waals surface area contributed by atoms with Crippen LogP contribution in [0.2, 0.25) is 5.02 Å². The van der Waals surface area contributed by atoms with Crippen LogP contribution in [0.25, 0.3) is 11.0 Å². The van der Waals surface area contributed by atoms with E-state index in [2.05, 4.69) is 23.9 Å². The molecule has 0 radical (unpaired) electrons. The van der Waals surface area contributed by atoms with Gasteiger partial charge in [0.1, 0.15) is 5.82 Å². The third kappa shape index (κ3) is 1.74. The maximum absolute atomic E-state index is 6.03. The molecule has 90 valence electrons. The van der Waals surface area contributed by atoms with E-state index in [1.54, 1.807) is 0 Å². The Hall–Kier alpha value is -1.06. The average molecular weight is 250 g/mol. The van der Waals surface area contributed by atoms with Crippen molar-refractivity contribution in [2.45, 2.75) is 12.8 Å². The summed E-state index contributed by atoms with van der Waals surface area (Å²) in [7, 11) is 2.07. The molecule has 0 amide bonds. The first-order chi connectivity index (χ1) is 8.16. The summed E-state index contributed by atoms with van der Waals surface area (Å²) in [5.74, 6) is 2.36. The first-order valence-corrected chi connectivity index (χ1v) is 6.37. The molecule has 1 N–H and O–H groups in total. The minimum absolute atomic E-state index is 0.493. The molecule has 17 heavy (non-hydrogen) atoms. The molecule has 1 atom stereocenters. The van der Waals surface area contributed by atoms with E-state index in [4.69, 9.17) is 16.6 Å². The molecule has 3 rings (SSSR count). The number of hydrogen-bond donors (Lipinski definition) is 1. The molecule has 1 aromatic carbocycles. The van der Waals surface area contributed by atoms with E-state index in [1.165, 1.54) is 0 Å². The van der Waals surface area contributed by atoms with Gasteiger partial charge < -0.3 is 9.88 Å². The Bertz CT molecular complexity index is 557. The second kappa shape index (κ2) is 4.00. The molecule has 0 bridgehead atoms. The molecule has 1 aliphatic heterocycles. The van der Waals surface area contributed by atoms with Gasteiger partial charge in [-0.25, -0.2) is 4.98 Å². The molecule has 1 fully saturated rings. The van der Waals surface area contributed by atoms with Gasteiger partial charge in [0.25, 0.3) is 0 Å². The van der Waals surface area contributed by atoms with Gasteiger partial charge in [0.2, 0.25) is 0 Å². The number of nitrogens with zero attached hydrogens (tertiary/aromatic N) is 2. The number of benzene rings is 1. The van der Waals surface area contributed by atoms with Gasteiger partial charge in [-0.3, -0.25) is 0 Å². The van der Waals surface area contributed by atoms with Gasteiger partial charge in [0.05, 0.1) is 11.0 Å². The van der Waals surface area contributed by atoms with Crippen LogP contribution < -0.4 is 5.32 Å². The number of imidazole rings is 1. The lowest BCUT2D eigenvalue weighted by Crippen LogP contribution is -2.45. The number of halogens is 1. The summed E-state index contributed by atoms with van der Waals surface area (Å²) in [6.45, 7) is 4.46. The van der Waals surface area contributed by atoms with Crippen molar-refractivity contribution in [3.05, 3.63) is 29.0 Å².